The molecule has 0 radical (unpaired) electrons. The highest BCUT2D eigenvalue weighted by Gasteiger charge is 2.41. The first-order valence-corrected chi connectivity index (χ1v) is 11.9. The van der Waals surface area contributed by atoms with Crippen LogP contribution in [0.2, 0.25) is 18.1 Å². The zero-order valence-electron chi connectivity index (χ0n) is 14.4. The van der Waals surface area contributed by atoms with E-state index in [2.05, 4.69) is 46.0 Å². The largest absolute Gasteiger partial charge is 0.633 e. The quantitative estimate of drug-likeness (QED) is 0.636. The molecule has 2 rings (SSSR count). The maximum absolute atomic E-state index is 11.9. The zero-order chi connectivity index (χ0) is 16.4. The van der Waals surface area contributed by atoms with Gasteiger partial charge in [0.15, 0.2) is 8.32 Å². The van der Waals surface area contributed by atoms with Crippen molar-refractivity contribution in [2.24, 2.45) is 5.92 Å². The number of benzene rings is 1. The Balaban J connectivity index is 1.81. The van der Waals surface area contributed by atoms with Gasteiger partial charge in [0.1, 0.15) is 5.37 Å². The Bertz CT molecular complexity index is 475. The first kappa shape index (κ1) is 18.0. The van der Waals surface area contributed by atoms with Gasteiger partial charge in [0.05, 0.1) is 12.5 Å². The molecule has 1 saturated heterocycles. The van der Waals surface area contributed by atoms with Crippen molar-refractivity contribution in [3.05, 3.63) is 35.5 Å². The topological polar surface area (TPSA) is 36.7 Å². The summed E-state index contributed by atoms with van der Waals surface area (Å²) >= 11 is 1.72. The highest BCUT2D eigenvalue weighted by atomic mass is 32.2. The highest BCUT2D eigenvalue weighted by molar-refractivity contribution is 7.99. The van der Waals surface area contributed by atoms with Crippen molar-refractivity contribution in [2.45, 2.75) is 55.6 Å². The lowest BCUT2D eigenvalue weighted by molar-refractivity contribution is -0.915. The molecule has 1 unspecified atom stereocenters. The lowest BCUT2D eigenvalue weighted by atomic mass is 9.99. The number of hydrogen-bond acceptors (Lipinski definition) is 3. The molecular formula is C17H29NO2SSi. The summed E-state index contributed by atoms with van der Waals surface area (Å²) in [5, 5.41) is 12.7. The van der Waals surface area contributed by atoms with E-state index in [0.717, 1.165) is 19.6 Å². The fourth-order valence-corrected chi connectivity index (χ4v) is 4.65. The van der Waals surface area contributed by atoms with E-state index in [-0.39, 0.29) is 10.4 Å². The summed E-state index contributed by atoms with van der Waals surface area (Å²) in [6, 6.07) is 10.2. The van der Waals surface area contributed by atoms with E-state index in [4.69, 9.17) is 4.43 Å². The average Bonchev–Trinajstić information content (AvgIpc) is 2.44. The van der Waals surface area contributed by atoms with Crippen molar-refractivity contribution in [3.63, 3.8) is 0 Å². The Labute approximate surface area is 140 Å². The SMILES string of the molecule is CC(C)(C)[Si](C)(C)OCC[C@H]1C[NH+]([O-])[C@@H]1Sc1ccccc1. The summed E-state index contributed by atoms with van der Waals surface area (Å²) in [7, 11) is -1.67. The van der Waals surface area contributed by atoms with Crippen molar-refractivity contribution in [1.82, 2.24) is 0 Å². The number of quaternary nitrogens is 1. The molecule has 0 amide bonds. The second kappa shape index (κ2) is 7.05. The van der Waals surface area contributed by atoms with Gasteiger partial charge in [-0.1, -0.05) is 50.7 Å². The van der Waals surface area contributed by atoms with Crippen molar-refractivity contribution in [3.8, 4) is 0 Å². The summed E-state index contributed by atoms with van der Waals surface area (Å²) in [4.78, 5) is 1.19. The molecule has 1 aliphatic rings. The number of thioether (sulfide) groups is 1. The van der Waals surface area contributed by atoms with Gasteiger partial charge in [0, 0.05) is 11.5 Å². The maximum atomic E-state index is 11.9. The highest BCUT2D eigenvalue weighted by Crippen LogP contribution is 2.37. The first-order chi connectivity index (χ1) is 10.2. The predicted octanol–water partition coefficient (Wildman–Crippen LogP) is 3.53. The smallest absolute Gasteiger partial charge is 0.191 e. The van der Waals surface area contributed by atoms with Crippen LogP contribution in [0.25, 0.3) is 0 Å². The summed E-state index contributed by atoms with van der Waals surface area (Å²) in [5.74, 6) is 0.475. The van der Waals surface area contributed by atoms with E-state index in [9.17, 15) is 5.21 Å². The van der Waals surface area contributed by atoms with E-state index in [0.29, 0.717) is 11.0 Å². The Morgan fingerprint density at radius 3 is 2.45 bits per heavy atom. The number of rotatable bonds is 6. The molecule has 0 spiro atoms. The molecule has 1 heterocycles. The van der Waals surface area contributed by atoms with Gasteiger partial charge in [-0.15, -0.1) is 0 Å². The van der Waals surface area contributed by atoms with Gasteiger partial charge < -0.3 is 14.7 Å². The third-order valence-corrected chi connectivity index (χ3v) is 11.0. The monoisotopic (exact) mass is 339 g/mol. The fraction of sp³-hybridized carbons (Fsp3) is 0.647. The fourth-order valence-electron chi connectivity index (χ4n) is 2.33. The third kappa shape index (κ3) is 4.36. The number of nitrogens with one attached hydrogen (secondary N) is 1. The van der Waals surface area contributed by atoms with Crippen molar-refractivity contribution in [2.75, 3.05) is 13.2 Å². The minimum atomic E-state index is -1.67. The maximum Gasteiger partial charge on any atom is 0.191 e. The summed E-state index contributed by atoms with van der Waals surface area (Å²) in [6.45, 7) is 12.9. The summed E-state index contributed by atoms with van der Waals surface area (Å²) < 4.78 is 6.25. The predicted molar refractivity (Wildman–Crippen MR) is 96.5 cm³/mol. The van der Waals surface area contributed by atoms with Crippen LogP contribution in [-0.2, 0) is 4.43 Å². The Hall–Kier alpha value is -0.333. The van der Waals surface area contributed by atoms with Crippen LogP contribution in [-0.4, -0.2) is 26.8 Å². The first-order valence-electron chi connectivity index (χ1n) is 8.09. The van der Waals surface area contributed by atoms with Gasteiger partial charge in [-0.2, -0.15) is 0 Å². The molecule has 5 heteroatoms. The van der Waals surface area contributed by atoms with E-state index < -0.39 is 8.32 Å². The Morgan fingerprint density at radius 2 is 1.91 bits per heavy atom. The second-order valence-corrected chi connectivity index (χ2v) is 13.7. The molecule has 1 fully saturated rings. The minimum absolute atomic E-state index is 0.130. The molecule has 3 nitrogen and oxygen atoms in total. The van der Waals surface area contributed by atoms with E-state index in [1.807, 2.05) is 18.2 Å². The standard InChI is InChI=1S/C17H29NO2SSi/c1-17(2,3)22(4,5)20-12-11-14-13-18(19)16(14)21-15-9-7-6-8-10-15/h6-10,14,16,18H,11-13H2,1-5H3/t14-,16+/m0/s1. The van der Waals surface area contributed by atoms with Crippen LogP contribution in [0.4, 0.5) is 0 Å². The van der Waals surface area contributed by atoms with Crippen LogP contribution >= 0.6 is 11.8 Å². The number of hydrogen-bond donors (Lipinski definition) is 1. The normalized spacial score (nSPS) is 25.8. The van der Waals surface area contributed by atoms with Crippen LogP contribution in [0.5, 0.6) is 0 Å². The molecule has 0 aromatic heterocycles. The van der Waals surface area contributed by atoms with Crippen molar-refractivity contribution in [1.29, 1.82) is 0 Å². The molecule has 124 valence electrons. The summed E-state index contributed by atoms with van der Waals surface area (Å²) in [5.41, 5.74) is 0. The molecule has 22 heavy (non-hydrogen) atoms. The minimum Gasteiger partial charge on any atom is -0.633 e. The van der Waals surface area contributed by atoms with Gasteiger partial charge in [-0.3, -0.25) is 0 Å². The second-order valence-electron chi connectivity index (χ2n) is 7.68. The van der Waals surface area contributed by atoms with Gasteiger partial charge in [0.25, 0.3) is 0 Å². The molecule has 1 aromatic carbocycles. The van der Waals surface area contributed by atoms with Crippen molar-refractivity contribution < 1.29 is 9.49 Å². The Kier molecular flexibility index (Phi) is 5.77. The molecule has 1 aliphatic heterocycles. The van der Waals surface area contributed by atoms with Crippen LogP contribution in [0.15, 0.2) is 35.2 Å². The van der Waals surface area contributed by atoms with Gasteiger partial charge >= 0.3 is 0 Å². The molecule has 0 aliphatic carbocycles. The molecule has 0 saturated carbocycles. The molecule has 3 atom stereocenters. The van der Waals surface area contributed by atoms with Crippen LogP contribution in [0.3, 0.4) is 0 Å². The zero-order valence-corrected chi connectivity index (χ0v) is 16.2. The van der Waals surface area contributed by atoms with Gasteiger partial charge in [-0.05, 0) is 36.7 Å². The Morgan fingerprint density at radius 1 is 1.27 bits per heavy atom. The van der Waals surface area contributed by atoms with Gasteiger partial charge in [-0.25, -0.2) is 0 Å². The molecular weight excluding hydrogens is 310 g/mol. The van der Waals surface area contributed by atoms with E-state index in [1.165, 1.54) is 4.90 Å². The third-order valence-electron chi connectivity index (χ3n) is 4.97. The average molecular weight is 340 g/mol. The molecule has 1 N–H and O–H groups in total. The lowest BCUT2D eigenvalue weighted by Gasteiger charge is -2.47. The number of hydroxylamine groups is 2. The molecule has 1 aromatic rings. The van der Waals surface area contributed by atoms with E-state index in [1.54, 1.807) is 11.8 Å². The van der Waals surface area contributed by atoms with Crippen LogP contribution in [0.1, 0.15) is 27.2 Å². The summed E-state index contributed by atoms with van der Waals surface area (Å²) in [6.07, 6.45) is 1.00. The van der Waals surface area contributed by atoms with E-state index >= 15 is 0 Å². The lowest BCUT2D eigenvalue weighted by Crippen LogP contribution is -3.19. The van der Waals surface area contributed by atoms with Gasteiger partial charge in [0.2, 0.25) is 0 Å². The molecule has 0 bridgehead atoms. The van der Waals surface area contributed by atoms with Crippen LogP contribution in [0, 0.1) is 11.1 Å². The van der Waals surface area contributed by atoms with Crippen LogP contribution < -0.4 is 5.06 Å². The van der Waals surface area contributed by atoms with Crippen molar-refractivity contribution >= 4 is 20.1 Å².